The summed E-state index contributed by atoms with van der Waals surface area (Å²) in [5.74, 6) is 1.81. The SMILES string of the molecule is Cc1nnc2ccc(N3CC(N(C)Cc4c5c(nn4C)CCC5)C3)nn12. The van der Waals surface area contributed by atoms with Crippen LogP contribution in [-0.4, -0.2) is 60.7 Å². The normalized spacial score (nSPS) is 17.3. The van der Waals surface area contributed by atoms with Crippen LogP contribution in [0.3, 0.4) is 0 Å². The predicted molar refractivity (Wildman–Crippen MR) is 98.2 cm³/mol. The molecular weight excluding hydrogens is 328 g/mol. The molecule has 0 atom stereocenters. The van der Waals surface area contributed by atoms with Crippen LogP contribution in [0.25, 0.3) is 5.65 Å². The smallest absolute Gasteiger partial charge is 0.178 e. The first-order valence-electron chi connectivity index (χ1n) is 9.28. The van der Waals surface area contributed by atoms with E-state index in [1.54, 1.807) is 0 Å². The molecule has 2 aliphatic rings. The van der Waals surface area contributed by atoms with Crippen LogP contribution in [0.15, 0.2) is 12.1 Å². The number of aryl methyl sites for hydroxylation is 3. The summed E-state index contributed by atoms with van der Waals surface area (Å²) in [7, 11) is 4.30. The minimum atomic E-state index is 0.543. The van der Waals surface area contributed by atoms with Gasteiger partial charge in [-0.3, -0.25) is 9.58 Å². The molecule has 4 heterocycles. The lowest BCUT2D eigenvalue weighted by Gasteiger charge is -2.44. The highest BCUT2D eigenvalue weighted by Gasteiger charge is 2.32. The third kappa shape index (κ3) is 2.39. The Labute approximate surface area is 152 Å². The third-order valence-electron chi connectivity index (χ3n) is 5.81. The molecule has 3 aromatic rings. The zero-order chi connectivity index (χ0) is 17.8. The van der Waals surface area contributed by atoms with Crippen molar-refractivity contribution in [2.75, 3.05) is 25.0 Å². The first-order chi connectivity index (χ1) is 12.6. The second kappa shape index (κ2) is 5.77. The molecule has 0 unspecified atom stereocenters. The highest BCUT2D eigenvalue weighted by atomic mass is 15.4. The number of hydrogen-bond acceptors (Lipinski definition) is 6. The number of anilines is 1. The molecule has 3 aromatic heterocycles. The largest absolute Gasteiger partial charge is 0.352 e. The quantitative estimate of drug-likeness (QED) is 0.697. The van der Waals surface area contributed by atoms with Gasteiger partial charge in [-0.05, 0) is 50.9 Å². The van der Waals surface area contributed by atoms with Gasteiger partial charge in [-0.2, -0.15) is 9.61 Å². The van der Waals surface area contributed by atoms with Gasteiger partial charge in [0.2, 0.25) is 0 Å². The minimum Gasteiger partial charge on any atom is -0.352 e. The second-order valence-corrected chi connectivity index (χ2v) is 7.53. The molecule has 0 N–H and O–H groups in total. The van der Waals surface area contributed by atoms with Gasteiger partial charge in [0.15, 0.2) is 11.5 Å². The molecule has 0 amide bonds. The molecule has 1 saturated heterocycles. The first kappa shape index (κ1) is 15.7. The van der Waals surface area contributed by atoms with Crippen LogP contribution in [0.1, 0.15) is 29.2 Å². The Kier molecular flexibility index (Phi) is 3.49. The van der Waals surface area contributed by atoms with Gasteiger partial charge in [0, 0.05) is 32.7 Å². The van der Waals surface area contributed by atoms with E-state index in [-0.39, 0.29) is 0 Å². The number of fused-ring (bicyclic) bond motifs is 2. The number of hydrogen-bond donors (Lipinski definition) is 0. The second-order valence-electron chi connectivity index (χ2n) is 7.53. The molecule has 0 saturated carbocycles. The fraction of sp³-hybridized carbons (Fsp3) is 0.556. The summed E-state index contributed by atoms with van der Waals surface area (Å²) in [6.07, 6.45) is 3.58. The first-order valence-corrected chi connectivity index (χ1v) is 9.28. The molecular formula is C18H24N8. The van der Waals surface area contributed by atoms with Crippen molar-refractivity contribution >= 4 is 11.5 Å². The van der Waals surface area contributed by atoms with Gasteiger partial charge < -0.3 is 4.90 Å². The van der Waals surface area contributed by atoms with Gasteiger partial charge in [0.25, 0.3) is 0 Å². The predicted octanol–water partition coefficient (Wildman–Crippen LogP) is 0.976. The van der Waals surface area contributed by atoms with Crippen LogP contribution in [0.2, 0.25) is 0 Å². The van der Waals surface area contributed by atoms with Crippen molar-refractivity contribution in [3.05, 3.63) is 34.9 Å². The van der Waals surface area contributed by atoms with Crippen molar-refractivity contribution in [2.45, 2.75) is 38.8 Å². The van der Waals surface area contributed by atoms with Gasteiger partial charge in [-0.25, -0.2) is 0 Å². The maximum absolute atomic E-state index is 4.70. The van der Waals surface area contributed by atoms with Crippen LogP contribution in [0, 0.1) is 6.92 Å². The Balaban J connectivity index is 1.26. The lowest BCUT2D eigenvalue weighted by atomic mass is 10.1. The molecule has 1 fully saturated rings. The van der Waals surface area contributed by atoms with E-state index in [1.807, 2.05) is 23.6 Å². The van der Waals surface area contributed by atoms with Crippen molar-refractivity contribution in [1.29, 1.82) is 0 Å². The molecule has 5 rings (SSSR count). The number of rotatable bonds is 4. The van der Waals surface area contributed by atoms with Crippen molar-refractivity contribution in [1.82, 2.24) is 34.5 Å². The lowest BCUT2D eigenvalue weighted by molar-refractivity contribution is 0.192. The third-order valence-corrected chi connectivity index (χ3v) is 5.81. The highest BCUT2D eigenvalue weighted by Crippen LogP contribution is 2.27. The Morgan fingerprint density at radius 2 is 2.00 bits per heavy atom. The van der Waals surface area contributed by atoms with Gasteiger partial charge in [-0.1, -0.05) is 0 Å². The Morgan fingerprint density at radius 1 is 1.15 bits per heavy atom. The summed E-state index contributed by atoms with van der Waals surface area (Å²) in [5, 5.41) is 17.5. The molecule has 1 aliphatic heterocycles. The molecule has 0 radical (unpaired) electrons. The van der Waals surface area contributed by atoms with Crippen molar-refractivity contribution in [3.8, 4) is 0 Å². The zero-order valence-electron chi connectivity index (χ0n) is 15.6. The molecule has 8 nitrogen and oxygen atoms in total. The zero-order valence-corrected chi connectivity index (χ0v) is 15.6. The average molecular weight is 352 g/mol. The molecule has 0 spiro atoms. The Bertz CT molecular complexity index is 965. The van der Waals surface area contributed by atoms with E-state index in [0.717, 1.165) is 43.3 Å². The van der Waals surface area contributed by atoms with Gasteiger partial charge in [0.1, 0.15) is 5.82 Å². The molecule has 8 heteroatoms. The monoisotopic (exact) mass is 352 g/mol. The molecule has 0 bridgehead atoms. The van der Waals surface area contributed by atoms with Crippen molar-refractivity contribution < 1.29 is 0 Å². The Hall–Kier alpha value is -2.48. The van der Waals surface area contributed by atoms with E-state index < -0.39 is 0 Å². The Morgan fingerprint density at radius 3 is 2.85 bits per heavy atom. The van der Waals surface area contributed by atoms with Crippen LogP contribution < -0.4 is 4.90 Å². The summed E-state index contributed by atoms with van der Waals surface area (Å²) in [6, 6.07) is 4.56. The topological polar surface area (TPSA) is 67.4 Å². The van der Waals surface area contributed by atoms with E-state index in [2.05, 4.69) is 43.9 Å². The molecule has 26 heavy (non-hydrogen) atoms. The van der Waals surface area contributed by atoms with E-state index in [1.165, 1.54) is 29.8 Å². The fourth-order valence-corrected chi connectivity index (χ4v) is 4.13. The van der Waals surface area contributed by atoms with Gasteiger partial charge in [0.05, 0.1) is 11.4 Å². The average Bonchev–Trinajstić information content (AvgIpc) is 3.24. The molecule has 1 aliphatic carbocycles. The van der Waals surface area contributed by atoms with Crippen molar-refractivity contribution in [3.63, 3.8) is 0 Å². The number of aromatic nitrogens is 6. The maximum atomic E-state index is 4.70. The maximum Gasteiger partial charge on any atom is 0.178 e. The van der Waals surface area contributed by atoms with Crippen LogP contribution >= 0.6 is 0 Å². The molecule has 136 valence electrons. The van der Waals surface area contributed by atoms with Crippen LogP contribution in [-0.2, 0) is 26.4 Å². The van der Waals surface area contributed by atoms with Gasteiger partial charge >= 0.3 is 0 Å². The van der Waals surface area contributed by atoms with Crippen molar-refractivity contribution in [2.24, 2.45) is 7.05 Å². The number of nitrogens with zero attached hydrogens (tertiary/aromatic N) is 8. The standard InChI is InChI=1S/C18H24N8/c1-12-19-20-17-7-8-18(22-26(12)17)25-9-13(10-25)23(2)11-16-14-5-4-6-15(14)21-24(16)3/h7-8,13H,4-6,9-11H2,1-3H3. The summed E-state index contributed by atoms with van der Waals surface area (Å²) >= 11 is 0. The van der Waals surface area contributed by atoms with Crippen LogP contribution in [0.4, 0.5) is 5.82 Å². The summed E-state index contributed by atoms with van der Waals surface area (Å²) in [4.78, 5) is 4.77. The van der Waals surface area contributed by atoms with Gasteiger partial charge in [-0.15, -0.1) is 15.3 Å². The summed E-state index contributed by atoms with van der Waals surface area (Å²) < 4.78 is 3.90. The minimum absolute atomic E-state index is 0.543. The summed E-state index contributed by atoms with van der Waals surface area (Å²) in [6.45, 7) is 4.89. The lowest BCUT2D eigenvalue weighted by Crippen LogP contribution is -2.58. The van der Waals surface area contributed by atoms with E-state index in [4.69, 9.17) is 5.10 Å². The molecule has 0 aromatic carbocycles. The van der Waals surface area contributed by atoms with Crippen LogP contribution in [0.5, 0.6) is 0 Å². The van der Waals surface area contributed by atoms with E-state index in [0.29, 0.717) is 6.04 Å². The van der Waals surface area contributed by atoms with E-state index >= 15 is 0 Å². The van der Waals surface area contributed by atoms with E-state index in [9.17, 15) is 0 Å². The fourth-order valence-electron chi connectivity index (χ4n) is 4.13. The summed E-state index contributed by atoms with van der Waals surface area (Å²) in [5.41, 5.74) is 4.99. The highest BCUT2D eigenvalue weighted by molar-refractivity contribution is 5.48. The number of likely N-dealkylation sites (N-methyl/N-ethyl adjacent to an activating group) is 1.